The molecule has 0 spiro atoms. The van der Waals surface area contributed by atoms with Crippen molar-refractivity contribution >= 4 is 34.7 Å². The number of aryl methyl sites for hydroxylation is 1. The number of benzene rings is 2. The van der Waals surface area contributed by atoms with Gasteiger partial charge < -0.3 is 0 Å². The highest BCUT2D eigenvalue weighted by Crippen LogP contribution is 2.29. The van der Waals surface area contributed by atoms with Crippen molar-refractivity contribution < 1.29 is 4.92 Å². The molecule has 2 aromatic heterocycles. The second kappa shape index (κ2) is 7.69. The second-order valence-electron chi connectivity index (χ2n) is 6.27. The van der Waals surface area contributed by atoms with E-state index in [0.29, 0.717) is 27.3 Å². The molecule has 0 radical (unpaired) electrons. The number of nitrogens with one attached hydrogen (secondary N) is 1. The third-order valence-electron chi connectivity index (χ3n) is 4.28. The monoisotopic (exact) mass is 427 g/mol. The molecule has 4 rings (SSSR count). The van der Waals surface area contributed by atoms with E-state index in [1.165, 1.54) is 28.4 Å². The fourth-order valence-electron chi connectivity index (χ4n) is 2.96. The summed E-state index contributed by atoms with van der Waals surface area (Å²) in [6, 6.07) is 13.6. The quantitative estimate of drug-likeness (QED) is 0.290. The van der Waals surface area contributed by atoms with Gasteiger partial charge in [-0.05, 0) is 30.2 Å². The van der Waals surface area contributed by atoms with E-state index in [-0.39, 0.29) is 5.69 Å². The minimum Gasteiger partial charge on any atom is -0.285 e. The molecule has 146 valence electrons. The Kier molecular flexibility index (Phi) is 5.08. The Morgan fingerprint density at radius 1 is 1.24 bits per heavy atom. The summed E-state index contributed by atoms with van der Waals surface area (Å²) >= 11 is 7.26. The lowest BCUT2D eigenvalue weighted by Gasteiger charge is -2.04. The molecule has 0 aliphatic rings. The summed E-state index contributed by atoms with van der Waals surface area (Å²) in [5.41, 5.74) is 3.10. The van der Waals surface area contributed by atoms with E-state index >= 15 is 0 Å². The molecule has 0 aliphatic heterocycles. The molecule has 2 aromatic carbocycles. The zero-order valence-electron chi connectivity index (χ0n) is 15.1. The molecule has 2 heterocycles. The molecule has 0 amide bonds. The first kappa shape index (κ1) is 19.2. The Hall–Kier alpha value is -3.17. The van der Waals surface area contributed by atoms with Gasteiger partial charge in [0.25, 0.3) is 5.69 Å². The van der Waals surface area contributed by atoms with Crippen molar-refractivity contribution in [2.24, 2.45) is 0 Å². The molecule has 4 aromatic rings. The predicted molar refractivity (Wildman–Crippen MR) is 111 cm³/mol. The zero-order valence-corrected chi connectivity index (χ0v) is 16.7. The summed E-state index contributed by atoms with van der Waals surface area (Å²) in [6.07, 6.45) is 0. The van der Waals surface area contributed by atoms with Crippen molar-refractivity contribution in [2.45, 2.75) is 17.8 Å². The van der Waals surface area contributed by atoms with Gasteiger partial charge in [-0.15, -0.1) is 0 Å². The van der Waals surface area contributed by atoms with Gasteiger partial charge in [0.15, 0.2) is 10.8 Å². The van der Waals surface area contributed by atoms with Crippen LogP contribution in [0.4, 0.5) is 5.69 Å². The van der Waals surface area contributed by atoms with Crippen LogP contribution in [0.15, 0.2) is 58.5 Å². The van der Waals surface area contributed by atoms with Gasteiger partial charge in [-0.25, -0.2) is 9.78 Å². The minimum absolute atomic E-state index is 0.0245. The lowest BCUT2D eigenvalue weighted by Crippen LogP contribution is -2.19. The third kappa shape index (κ3) is 3.87. The molecular formula is C19H14ClN5O3S. The first-order chi connectivity index (χ1) is 13.9. The highest BCUT2D eigenvalue weighted by Gasteiger charge is 2.16. The number of nitro benzene ring substituents is 1. The largest absolute Gasteiger partial charge is 0.350 e. The number of nitrogens with zero attached hydrogens (tertiary/aromatic N) is 4. The third-order valence-corrected chi connectivity index (χ3v) is 5.48. The van der Waals surface area contributed by atoms with Crippen LogP contribution in [0.25, 0.3) is 16.8 Å². The molecule has 0 atom stereocenters. The number of halogens is 1. The van der Waals surface area contributed by atoms with Gasteiger partial charge in [0.1, 0.15) is 0 Å². The van der Waals surface area contributed by atoms with Crippen LogP contribution in [0.3, 0.4) is 0 Å². The van der Waals surface area contributed by atoms with Crippen LogP contribution in [-0.2, 0) is 5.75 Å². The molecule has 8 nitrogen and oxygen atoms in total. The Morgan fingerprint density at radius 3 is 2.72 bits per heavy atom. The Bertz CT molecular complexity index is 1280. The number of aromatic nitrogens is 4. The van der Waals surface area contributed by atoms with Crippen molar-refractivity contribution in [1.29, 1.82) is 0 Å². The number of thioether (sulfide) groups is 1. The van der Waals surface area contributed by atoms with Crippen LogP contribution >= 0.6 is 23.4 Å². The van der Waals surface area contributed by atoms with Crippen molar-refractivity contribution in [3.8, 4) is 11.1 Å². The van der Waals surface area contributed by atoms with Crippen LogP contribution in [0.1, 0.15) is 11.3 Å². The molecule has 1 N–H and O–H groups in total. The van der Waals surface area contributed by atoms with Crippen molar-refractivity contribution in [1.82, 2.24) is 19.6 Å². The van der Waals surface area contributed by atoms with Crippen molar-refractivity contribution in [2.75, 3.05) is 0 Å². The summed E-state index contributed by atoms with van der Waals surface area (Å²) in [5, 5.41) is 16.2. The van der Waals surface area contributed by atoms with Gasteiger partial charge >= 0.3 is 5.69 Å². The first-order valence-electron chi connectivity index (χ1n) is 8.54. The molecule has 0 unspecified atom stereocenters. The number of hydrogen-bond donors (Lipinski definition) is 1. The first-order valence-corrected chi connectivity index (χ1v) is 9.90. The van der Waals surface area contributed by atoms with E-state index < -0.39 is 10.6 Å². The minimum atomic E-state index is -0.437. The second-order valence-corrected chi connectivity index (χ2v) is 7.67. The molecule has 10 heteroatoms. The number of hydrogen-bond acceptors (Lipinski definition) is 6. The van der Waals surface area contributed by atoms with E-state index in [1.54, 1.807) is 24.3 Å². The van der Waals surface area contributed by atoms with Crippen LogP contribution < -0.4 is 5.69 Å². The number of aromatic amines is 1. The van der Waals surface area contributed by atoms with Crippen LogP contribution in [-0.4, -0.2) is 24.5 Å². The molecule has 0 aliphatic carbocycles. The average Bonchev–Trinajstić information content (AvgIpc) is 3.04. The standard InChI is InChI=1S/C19H14ClN5O3S/c1-11-16(13-5-7-14(20)8-6-13)17-21-18(22-19(26)24(17)23-11)29-10-12-3-2-4-15(9-12)25(27)28/h2-9H,10H2,1H3,(H,21,22,26). The molecule has 29 heavy (non-hydrogen) atoms. The maximum Gasteiger partial charge on any atom is 0.350 e. The van der Waals surface area contributed by atoms with E-state index in [1.807, 2.05) is 19.1 Å². The van der Waals surface area contributed by atoms with Crippen molar-refractivity contribution in [3.63, 3.8) is 0 Å². The van der Waals surface area contributed by atoms with E-state index in [0.717, 1.165) is 16.7 Å². The molecule has 0 bridgehead atoms. The van der Waals surface area contributed by atoms with Gasteiger partial charge in [0.2, 0.25) is 0 Å². The van der Waals surface area contributed by atoms with Gasteiger partial charge in [-0.2, -0.15) is 9.61 Å². The number of H-pyrrole nitrogens is 1. The fourth-order valence-corrected chi connectivity index (χ4v) is 3.88. The number of fused-ring (bicyclic) bond motifs is 1. The molecule has 0 fully saturated rings. The molecule has 0 saturated carbocycles. The zero-order chi connectivity index (χ0) is 20.5. The Morgan fingerprint density at radius 2 is 2.00 bits per heavy atom. The van der Waals surface area contributed by atoms with Crippen LogP contribution in [0, 0.1) is 17.0 Å². The number of non-ortho nitro benzene ring substituents is 1. The molecule has 0 saturated heterocycles. The summed E-state index contributed by atoms with van der Waals surface area (Å²) in [7, 11) is 0. The number of rotatable bonds is 5. The van der Waals surface area contributed by atoms with E-state index in [4.69, 9.17) is 11.6 Å². The lowest BCUT2D eigenvalue weighted by atomic mass is 10.1. The SMILES string of the molecule is Cc1nn2c(=O)[nH]c(SCc3cccc([N+](=O)[O-])c3)nc2c1-c1ccc(Cl)cc1. The van der Waals surface area contributed by atoms with Crippen LogP contribution in [0.5, 0.6) is 0 Å². The van der Waals surface area contributed by atoms with Crippen LogP contribution in [0.2, 0.25) is 5.02 Å². The summed E-state index contributed by atoms with van der Waals surface area (Å²) in [5.74, 6) is 0.421. The average molecular weight is 428 g/mol. The van der Waals surface area contributed by atoms with E-state index in [2.05, 4.69) is 15.1 Å². The predicted octanol–water partition coefficient (Wildman–Crippen LogP) is 4.25. The Labute approximate surface area is 173 Å². The van der Waals surface area contributed by atoms with Gasteiger partial charge in [-0.1, -0.05) is 47.6 Å². The topological polar surface area (TPSA) is 106 Å². The lowest BCUT2D eigenvalue weighted by molar-refractivity contribution is -0.384. The number of nitro groups is 1. The highest BCUT2D eigenvalue weighted by atomic mass is 35.5. The summed E-state index contributed by atoms with van der Waals surface area (Å²) in [4.78, 5) is 30.3. The van der Waals surface area contributed by atoms with Crippen molar-refractivity contribution in [3.05, 3.63) is 85.4 Å². The summed E-state index contributed by atoms with van der Waals surface area (Å²) in [6.45, 7) is 1.81. The maximum absolute atomic E-state index is 12.5. The maximum atomic E-state index is 12.5. The Balaban J connectivity index is 1.70. The van der Waals surface area contributed by atoms with Gasteiger partial charge in [-0.3, -0.25) is 15.1 Å². The fraction of sp³-hybridized carbons (Fsp3) is 0.105. The normalized spacial score (nSPS) is 11.1. The van der Waals surface area contributed by atoms with Gasteiger partial charge in [0, 0.05) is 28.5 Å². The van der Waals surface area contributed by atoms with E-state index in [9.17, 15) is 14.9 Å². The molecular weight excluding hydrogens is 414 g/mol. The smallest absolute Gasteiger partial charge is 0.285 e. The van der Waals surface area contributed by atoms with Gasteiger partial charge in [0.05, 0.1) is 10.6 Å². The summed E-state index contributed by atoms with van der Waals surface area (Å²) < 4.78 is 1.23. The highest BCUT2D eigenvalue weighted by molar-refractivity contribution is 7.98.